The summed E-state index contributed by atoms with van der Waals surface area (Å²) in [6, 6.07) is 5.99. The Hall–Kier alpha value is -1.26. The molecule has 3 aliphatic heterocycles. The van der Waals surface area contributed by atoms with Gasteiger partial charge in [-0.2, -0.15) is 0 Å². The Morgan fingerprint density at radius 1 is 1.21 bits per heavy atom. The van der Waals surface area contributed by atoms with Crippen LogP contribution in [0.15, 0.2) is 23.0 Å². The Labute approximate surface area is 147 Å². The summed E-state index contributed by atoms with van der Waals surface area (Å²) in [7, 11) is 0. The molecule has 0 radical (unpaired) electrons. The number of rotatable bonds is 3. The molecule has 0 N–H and O–H groups in total. The number of piperidine rings is 2. The molecule has 128 valence electrons. The Morgan fingerprint density at radius 2 is 1.92 bits per heavy atom. The molecule has 4 aliphatic rings. The zero-order valence-electron chi connectivity index (χ0n) is 14.3. The number of imidazole rings is 1. The van der Waals surface area contributed by atoms with Gasteiger partial charge in [0, 0.05) is 42.7 Å². The molecule has 4 nitrogen and oxygen atoms in total. The largest absolute Gasteiger partial charge is 0.329 e. The summed E-state index contributed by atoms with van der Waals surface area (Å²) in [5, 5.41) is 0.703. The molecule has 1 aliphatic carbocycles. The summed E-state index contributed by atoms with van der Waals surface area (Å²) < 4.78 is 3.92. The molecule has 1 aromatic heterocycles. The van der Waals surface area contributed by atoms with Crippen molar-refractivity contribution in [2.75, 3.05) is 19.6 Å². The molecule has 4 atom stereocenters. The monoisotopic (exact) mass is 345 g/mol. The lowest BCUT2D eigenvalue weighted by Gasteiger charge is -2.40. The van der Waals surface area contributed by atoms with Crippen LogP contribution in [0.2, 0.25) is 5.02 Å². The molecule has 4 fully saturated rings. The van der Waals surface area contributed by atoms with E-state index in [0.29, 0.717) is 5.02 Å². The van der Waals surface area contributed by atoms with Gasteiger partial charge >= 0.3 is 5.69 Å². The van der Waals surface area contributed by atoms with E-state index < -0.39 is 0 Å². The molecule has 0 amide bonds. The second-order valence-corrected chi connectivity index (χ2v) is 9.02. The highest BCUT2D eigenvalue weighted by atomic mass is 35.5. The maximum atomic E-state index is 13.1. The van der Waals surface area contributed by atoms with Gasteiger partial charge in [-0.15, -0.1) is 0 Å². The van der Waals surface area contributed by atoms with Crippen molar-refractivity contribution in [2.24, 2.45) is 17.3 Å². The van der Waals surface area contributed by atoms with Crippen LogP contribution in [0.4, 0.5) is 0 Å². The second kappa shape index (κ2) is 4.89. The number of nitrogens with zero attached hydrogens (tertiary/aromatic N) is 3. The fourth-order valence-electron chi connectivity index (χ4n) is 5.85. The molecule has 2 aromatic rings. The molecule has 4 bridgehead atoms. The van der Waals surface area contributed by atoms with Crippen LogP contribution < -0.4 is 5.69 Å². The molecule has 5 heteroatoms. The number of fused-ring (bicyclic) bond motifs is 1. The van der Waals surface area contributed by atoms with Crippen LogP contribution in [0, 0.1) is 17.3 Å². The van der Waals surface area contributed by atoms with E-state index in [1.807, 2.05) is 27.3 Å². The molecule has 1 saturated carbocycles. The van der Waals surface area contributed by atoms with Gasteiger partial charge in [0.25, 0.3) is 0 Å². The molecule has 6 rings (SSSR count). The first kappa shape index (κ1) is 15.0. The van der Waals surface area contributed by atoms with Gasteiger partial charge in [0.05, 0.1) is 11.0 Å². The van der Waals surface area contributed by atoms with E-state index in [4.69, 9.17) is 11.6 Å². The van der Waals surface area contributed by atoms with Gasteiger partial charge in [0.1, 0.15) is 0 Å². The highest BCUT2D eigenvalue weighted by Crippen LogP contribution is 2.55. The Kier molecular flexibility index (Phi) is 3.06. The van der Waals surface area contributed by atoms with Gasteiger partial charge in [0.15, 0.2) is 0 Å². The van der Waals surface area contributed by atoms with Crippen molar-refractivity contribution in [2.45, 2.75) is 39.3 Å². The highest BCUT2D eigenvalue weighted by Gasteiger charge is 2.55. The van der Waals surface area contributed by atoms with Crippen molar-refractivity contribution in [1.29, 1.82) is 0 Å². The van der Waals surface area contributed by atoms with E-state index in [9.17, 15) is 4.79 Å². The van der Waals surface area contributed by atoms with E-state index >= 15 is 0 Å². The fraction of sp³-hybridized carbons (Fsp3) is 0.632. The molecule has 0 spiro atoms. The van der Waals surface area contributed by atoms with Crippen LogP contribution in [-0.4, -0.2) is 33.7 Å². The van der Waals surface area contributed by atoms with Crippen LogP contribution in [0.3, 0.4) is 0 Å². The zero-order valence-corrected chi connectivity index (χ0v) is 15.1. The number of aromatic nitrogens is 2. The molecular weight excluding hydrogens is 322 g/mol. The van der Waals surface area contributed by atoms with Gasteiger partial charge in [0.2, 0.25) is 0 Å². The smallest absolute Gasteiger partial charge is 0.302 e. The highest BCUT2D eigenvalue weighted by molar-refractivity contribution is 6.31. The van der Waals surface area contributed by atoms with Crippen LogP contribution in [0.25, 0.3) is 11.0 Å². The van der Waals surface area contributed by atoms with Crippen LogP contribution in [0.5, 0.6) is 0 Å². The summed E-state index contributed by atoms with van der Waals surface area (Å²) in [4.78, 5) is 15.8. The van der Waals surface area contributed by atoms with Crippen molar-refractivity contribution in [3.63, 3.8) is 0 Å². The van der Waals surface area contributed by atoms with E-state index in [1.54, 1.807) is 0 Å². The van der Waals surface area contributed by atoms with Gasteiger partial charge in [-0.05, 0) is 56.7 Å². The average molecular weight is 346 g/mol. The maximum absolute atomic E-state index is 13.1. The normalized spacial score (nSPS) is 34.1. The minimum atomic E-state index is 0.120. The maximum Gasteiger partial charge on any atom is 0.329 e. The van der Waals surface area contributed by atoms with Crippen molar-refractivity contribution >= 4 is 22.6 Å². The predicted molar refractivity (Wildman–Crippen MR) is 96.7 cm³/mol. The third kappa shape index (κ3) is 1.99. The first-order valence-electron chi connectivity index (χ1n) is 9.08. The van der Waals surface area contributed by atoms with Crippen LogP contribution >= 0.6 is 11.6 Å². The minimum absolute atomic E-state index is 0.120. The Morgan fingerprint density at radius 3 is 2.54 bits per heavy atom. The number of halogens is 1. The van der Waals surface area contributed by atoms with Gasteiger partial charge in [-0.1, -0.05) is 11.6 Å². The lowest BCUT2D eigenvalue weighted by Crippen LogP contribution is -2.46. The SMILES string of the molecule is CC(C)n1c(=O)n(CC23C[C@H]4CN(C[C@H]4C2)C3)c2cc(Cl)ccc21. The Bertz CT molecular complexity index is 861. The first-order valence-corrected chi connectivity index (χ1v) is 9.46. The van der Waals surface area contributed by atoms with Crippen molar-refractivity contribution < 1.29 is 0 Å². The summed E-state index contributed by atoms with van der Waals surface area (Å²) in [6.07, 6.45) is 2.57. The number of benzene rings is 1. The minimum Gasteiger partial charge on any atom is -0.302 e. The molecule has 4 heterocycles. The molecule has 3 saturated heterocycles. The first-order chi connectivity index (χ1) is 11.5. The van der Waals surface area contributed by atoms with E-state index in [0.717, 1.165) is 36.0 Å². The standard InChI is InChI=1S/C19H24ClN3O/c1-12(2)23-16-4-3-15(20)5-17(16)22(18(23)24)11-19-6-13-8-21(10-19)9-14(13)7-19/h3-5,12-14H,6-11H2,1-2H3/t13-,14+,19?. The van der Waals surface area contributed by atoms with Crippen LogP contribution in [-0.2, 0) is 6.54 Å². The number of hydrogen-bond donors (Lipinski definition) is 0. The topological polar surface area (TPSA) is 30.2 Å². The van der Waals surface area contributed by atoms with Crippen molar-refractivity contribution in [1.82, 2.24) is 14.0 Å². The van der Waals surface area contributed by atoms with Gasteiger partial charge in [-0.25, -0.2) is 4.79 Å². The molecule has 1 aromatic carbocycles. The third-order valence-corrected chi connectivity index (χ3v) is 6.77. The second-order valence-electron chi connectivity index (χ2n) is 8.59. The van der Waals surface area contributed by atoms with E-state index in [1.165, 1.54) is 25.9 Å². The number of hydrogen-bond acceptors (Lipinski definition) is 2. The summed E-state index contributed by atoms with van der Waals surface area (Å²) in [6.45, 7) is 8.70. The van der Waals surface area contributed by atoms with Gasteiger partial charge in [-0.3, -0.25) is 9.13 Å². The van der Waals surface area contributed by atoms with E-state index in [-0.39, 0.29) is 17.1 Å². The quantitative estimate of drug-likeness (QED) is 0.853. The lowest BCUT2D eigenvalue weighted by atomic mass is 9.80. The van der Waals surface area contributed by atoms with E-state index in [2.05, 4.69) is 18.7 Å². The summed E-state index contributed by atoms with van der Waals surface area (Å²) in [5.41, 5.74) is 2.41. The fourth-order valence-corrected chi connectivity index (χ4v) is 6.01. The molecular formula is C19H24ClN3O. The van der Waals surface area contributed by atoms with Crippen LogP contribution in [0.1, 0.15) is 32.7 Å². The van der Waals surface area contributed by atoms with Crippen molar-refractivity contribution in [3.8, 4) is 0 Å². The molecule has 2 unspecified atom stereocenters. The third-order valence-electron chi connectivity index (χ3n) is 6.54. The summed E-state index contributed by atoms with van der Waals surface area (Å²) >= 11 is 6.25. The lowest BCUT2D eigenvalue weighted by molar-refractivity contribution is 0.0829. The average Bonchev–Trinajstić information content (AvgIpc) is 3.03. The molecule has 24 heavy (non-hydrogen) atoms. The summed E-state index contributed by atoms with van der Waals surface area (Å²) in [5.74, 6) is 1.72. The zero-order chi connectivity index (χ0) is 16.6. The van der Waals surface area contributed by atoms with Crippen molar-refractivity contribution in [3.05, 3.63) is 33.7 Å². The van der Waals surface area contributed by atoms with Gasteiger partial charge < -0.3 is 4.90 Å². The Balaban J connectivity index is 1.64. The predicted octanol–water partition coefficient (Wildman–Crippen LogP) is 3.38.